The fourth-order valence-corrected chi connectivity index (χ4v) is 3.57. The number of amides is 2. The standard InChI is InChI=1S/C20H25ClN4O/c1-24(13-16-4-2-10-22-12-16)14-17-5-3-11-25(15-17)20(26)23-19-8-6-18(21)7-9-19/h2,4,6-10,12,17H,3,5,11,13-15H2,1H3,(H,23,26). The summed E-state index contributed by atoms with van der Waals surface area (Å²) in [5.74, 6) is 0.487. The molecule has 1 aromatic heterocycles. The first-order valence-corrected chi connectivity index (χ1v) is 9.37. The number of carbonyl (C=O) groups excluding carboxylic acids is 1. The van der Waals surface area contributed by atoms with Crippen LogP contribution < -0.4 is 5.32 Å². The number of halogens is 1. The van der Waals surface area contributed by atoms with Crippen molar-refractivity contribution < 1.29 is 4.79 Å². The number of likely N-dealkylation sites (tertiary alicyclic amines) is 1. The molecule has 2 heterocycles. The zero-order valence-electron chi connectivity index (χ0n) is 15.1. The molecule has 0 bridgehead atoms. The van der Waals surface area contributed by atoms with Gasteiger partial charge in [0.25, 0.3) is 0 Å². The molecule has 26 heavy (non-hydrogen) atoms. The van der Waals surface area contributed by atoms with Crippen LogP contribution in [-0.4, -0.2) is 47.5 Å². The molecule has 0 aliphatic carbocycles. The van der Waals surface area contributed by atoms with Gasteiger partial charge in [0.2, 0.25) is 0 Å². The molecule has 1 N–H and O–H groups in total. The van der Waals surface area contributed by atoms with E-state index in [1.54, 1.807) is 18.3 Å². The Labute approximate surface area is 160 Å². The molecule has 6 heteroatoms. The van der Waals surface area contributed by atoms with Crippen LogP contribution >= 0.6 is 11.6 Å². The molecule has 0 radical (unpaired) electrons. The predicted octanol–water partition coefficient (Wildman–Crippen LogP) is 4.11. The van der Waals surface area contributed by atoms with Crippen molar-refractivity contribution >= 4 is 23.3 Å². The van der Waals surface area contributed by atoms with E-state index in [-0.39, 0.29) is 6.03 Å². The number of hydrogen-bond acceptors (Lipinski definition) is 3. The lowest BCUT2D eigenvalue weighted by molar-refractivity contribution is 0.154. The Bertz CT molecular complexity index is 708. The molecule has 5 nitrogen and oxygen atoms in total. The average molecular weight is 373 g/mol. The number of aromatic nitrogens is 1. The lowest BCUT2D eigenvalue weighted by Crippen LogP contribution is -2.44. The maximum Gasteiger partial charge on any atom is 0.321 e. The third-order valence-electron chi connectivity index (χ3n) is 4.65. The fraction of sp³-hybridized carbons (Fsp3) is 0.400. The van der Waals surface area contributed by atoms with Crippen LogP contribution in [0.1, 0.15) is 18.4 Å². The van der Waals surface area contributed by atoms with Gasteiger partial charge in [-0.05, 0) is 61.7 Å². The quantitative estimate of drug-likeness (QED) is 0.859. The van der Waals surface area contributed by atoms with Crippen molar-refractivity contribution in [1.82, 2.24) is 14.8 Å². The van der Waals surface area contributed by atoms with Gasteiger partial charge in [-0.2, -0.15) is 0 Å². The van der Waals surface area contributed by atoms with Crippen LogP contribution in [0.25, 0.3) is 0 Å². The van der Waals surface area contributed by atoms with E-state index in [0.29, 0.717) is 10.9 Å². The molecule has 3 rings (SSSR count). The molecular weight excluding hydrogens is 348 g/mol. The van der Waals surface area contributed by atoms with E-state index in [1.807, 2.05) is 29.3 Å². The third kappa shape index (κ3) is 5.44. The summed E-state index contributed by atoms with van der Waals surface area (Å²) in [6.07, 6.45) is 5.90. The second-order valence-corrected chi connectivity index (χ2v) is 7.39. The summed E-state index contributed by atoms with van der Waals surface area (Å²) < 4.78 is 0. The molecule has 2 aromatic rings. The van der Waals surface area contributed by atoms with E-state index in [0.717, 1.165) is 44.7 Å². The summed E-state index contributed by atoms with van der Waals surface area (Å²) in [6.45, 7) is 3.44. The van der Waals surface area contributed by atoms with Gasteiger partial charge in [0.1, 0.15) is 0 Å². The average Bonchev–Trinajstić information content (AvgIpc) is 2.64. The summed E-state index contributed by atoms with van der Waals surface area (Å²) in [5.41, 5.74) is 1.98. The summed E-state index contributed by atoms with van der Waals surface area (Å²) >= 11 is 5.89. The second kappa shape index (κ2) is 9.01. The molecule has 0 spiro atoms. The van der Waals surface area contributed by atoms with Gasteiger partial charge in [-0.25, -0.2) is 4.79 Å². The van der Waals surface area contributed by atoms with Crippen molar-refractivity contribution in [2.75, 3.05) is 32.0 Å². The largest absolute Gasteiger partial charge is 0.324 e. The van der Waals surface area contributed by atoms with Gasteiger partial charge in [0, 0.05) is 49.3 Å². The SMILES string of the molecule is CN(Cc1cccnc1)CC1CCCN(C(=O)Nc2ccc(Cl)cc2)C1. The molecule has 2 amide bonds. The minimum absolute atomic E-state index is 0.0352. The highest BCUT2D eigenvalue weighted by Gasteiger charge is 2.24. The van der Waals surface area contributed by atoms with E-state index in [4.69, 9.17) is 11.6 Å². The number of urea groups is 1. The second-order valence-electron chi connectivity index (χ2n) is 6.95. The number of anilines is 1. The lowest BCUT2D eigenvalue weighted by atomic mass is 9.97. The number of pyridine rings is 1. The van der Waals surface area contributed by atoms with Crippen molar-refractivity contribution in [2.24, 2.45) is 5.92 Å². The first-order chi connectivity index (χ1) is 12.6. The Morgan fingerprint density at radius 1 is 1.35 bits per heavy atom. The molecular formula is C20H25ClN4O. The van der Waals surface area contributed by atoms with Gasteiger partial charge in [-0.3, -0.25) is 4.98 Å². The van der Waals surface area contributed by atoms with Gasteiger partial charge in [-0.15, -0.1) is 0 Å². The summed E-state index contributed by atoms with van der Waals surface area (Å²) in [7, 11) is 2.12. The van der Waals surface area contributed by atoms with E-state index in [9.17, 15) is 4.79 Å². The van der Waals surface area contributed by atoms with Crippen LogP contribution in [0.15, 0.2) is 48.8 Å². The van der Waals surface area contributed by atoms with Crippen LogP contribution in [0.5, 0.6) is 0 Å². The van der Waals surface area contributed by atoms with Crippen LogP contribution in [0.4, 0.5) is 10.5 Å². The van der Waals surface area contributed by atoms with Crippen LogP contribution in [0.3, 0.4) is 0 Å². The zero-order valence-corrected chi connectivity index (χ0v) is 15.8. The Hall–Kier alpha value is -2.11. The van der Waals surface area contributed by atoms with E-state index in [2.05, 4.69) is 28.3 Å². The van der Waals surface area contributed by atoms with Gasteiger partial charge in [0.05, 0.1) is 0 Å². The lowest BCUT2D eigenvalue weighted by Gasteiger charge is -2.34. The summed E-state index contributed by atoms with van der Waals surface area (Å²) in [6, 6.07) is 11.2. The zero-order chi connectivity index (χ0) is 18.4. The maximum absolute atomic E-state index is 12.5. The smallest absolute Gasteiger partial charge is 0.321 e. The first kappa shape index (κ1) is 18.7. The van der Waals surface area contributed by atoms with Crippen molar-refractivity contribution in [2.45, 2.75) is 19.4 Å². The monoisotopic (exact) mass is 372 g/mol. The Balaban J connectivity index is 1.50. The molecule has 1 aliphatic rings. The molecule has 1 atom stereocenters. The summed E-state index contributed by atoms with van der Waals surface area (Å²) in [5, 5.41) is 3.62. The van der Waals surface area contributed by atoms with Crippen LogP contribution in [0, 0.1) is 5.92 Å². The first-order valence-electron chi connectivity index (χ1n) is 8.99. The number of benzene rings is 1. The van der Waals surface area contributed by atoms with Gasteiger partial charge in [-0.1, -0.05) is 17.7 Å². The maximum atomic E-state index is 12.5. The van der Waals surface area contributed by atoms with E-state index >= 15 is 0 Å². The number of nitrogens with one attached hydrogen (secondary N) is 1. The number of hydrogen-bond donors (Lipinski definition) is 1. The highest BCUT2D eigenvalue weighted by atomic mass is 35.5. The molecule has 1 aromatic carbocycles. The normalized spacial score (nSPS) is 17.3. The third-order valence-corrected chi connectivity index (χ3v) is 4.90. The Morgan fingerprint density at radius 3 is 2.88 bits per heavy atom. The minimum atomic E-state index is -0.0352. The number of carbonyl (C=O) groups is 1. The van der Waals surface area contributed by atoms with Crippen molar-refractivity contribution in [3.8, 4) is 0 Å². The van der Waals surface area contributed by atoms with Crippen molar-refractivity contribution in [3.05, 3.63) is 59.4 Å². The fourth-order valence-electron chi connectivity index (χ4n) is 3.44. The Morgan fingerprint density at radius 2 is 2.15 bits per heavy atom. The number of rotatable bonds is 5. The summed E-state index contributed by atoms with van der Waals surface area (Å²) in [4.78, 5) is 20.9. The molecule has 0 saturated carbocycles. The van der Waals surface area contributed by atoms with E-state index < -0.39 is 0 Å². The topological polar surface area (TPSA) is 48.5 Å². The minimum Gasteiger partial charge on any atom is -0.324 e. The van der Waals surface area contributed by atoms with Gasteiger partial charge >= 0.3 is 6.03 Å². The number of piperidine rings is 1. The van der Waals surface area contributed by atoms with Gasteiger partial charge < -0.3 is 15.1 Å². The molecule has 138 valence electrons. The molecule has 1 fully saturated rings. The number of nitrogens with zero attached hydrogens (tertiary/aromatic N) is 3. The molecule has 1 unspecified atom stereocenters. The Kier molecular flexibility index (Phi) is 6.47. The van der Waals surface area contributed by atoms with Gasteiger partial charge in [0.15, 0.2) is 0 Å². The van der Waals surface area contributed by atoms with Crippen molar-refractivity contribution in [3.63, 3.8) is 0 Å². The predicted molar refractivity (Wildman–Crippen MR) is 105 cm³/mol. The highest BCUT2D eigenvalue weighted by Crippen LogP contribution is 2.20. The molecule has 1 aliphatic heterocycles. The van der Waals surface area contributed by atoms with Crippen LogP contribution in [-0.2, 0) is 6.54 Å². The molecule has 1 saturated heterocycles. The van der Waals surface area contributed by atoms with Crippen molar-refractivity contribution in [1.29, 1.82) is 0 Å². The highest BCUT2D eigenvalue weighted by molar-refractivity contribution is 6.30. The van der Waals surface area contributed by atoms with E-state index in [1.165, 1.54) is 5.56 Å². The van der Waals surface area contributed by atoms with Crippen LogP contribution in [0.2, 0.25) is 5.02 Å².